The monoisotopic (exact) mass is 320 g/mol. The van der Waals surface area contributed by atoms with Gasteiger partial charge in [0.25, 0.3) is 0 Å². The van der Waals surface area contributed by atoms with Crippen molar-refractivity contribution < 1.29 is 4.74 Å². The molecule has 0 amide bonds. The normalized spacial score (nSPS) is 15.8. The molecule has 0 bridgehead atoms. The predicted molar refractivity (Wildman–Crippen MR) is 98.6 cm³/mol. The standard InChI is InChI=1S/C21H24N2O/c1-14-10-21(24-2)22-13-18(14)16-8-9-19-17(11-16)12-20(23-19)15-6-4-3-5-7-15/h8-13,15,23H,3-7H2,1-2H3. The predicted octanol–water partition coefficient (Wildman–Crippen LogP) is 5.59. The summed E-state index contributed by atoms with van der Waals surface area (Å²) in [5.41, 5.74) is 6.21. The van der Waals surface area contributed by atoms with E-state index in [1.807, 2.05) is 12.3 Å². The first-order chi connectivity index (χ1) is 11.7. The minimum absolute atomic E-state index is 0.665. The Labute approximate surface area is 143 Å². The van der Waals surface area contributed by atoms with Crippen LogP contribution in [-0.2, 0) is 0 Å². The molecule has 1 saturated carbocycles. The number of nitrogens with one attached hydrogen (secondary N) is 1. The maximum absolute atomic E-state index is 5.21. The van der Waals surface area contributed by atoms with E-state index < -0.39 is 0 Å². The number of rotatable bonds is 3. The fourth-order valence-electron chi connectivity index (χ4n) is 3.90. The van der Waals surface area contributed by atoms with Gasteiger partial charge in [-0.15, -0.1) is 0 Å². The van der Waals surface area contributed by atoms with Crippen LogP contribution in [0, 0.1) is 6.92 Å². The van der Waals surface area contributed by atoms with Crippen molar-refractivity contribution in [2.45, 2.75) is 44.9 Å². The summed E-state index contributed by atoms with van der Waals surface area (Å²) < 4.78 is 5.21. The first-order valence-electron chi connectivity index (χ1n) is 8.88. The van der Waals surface area contributed by atoms with Gasteiger partial charge in [0.05, 0.1) is 7.11 Å². The number of hydrogen-bond donors (Lipinski definition) is 1. The Hall–Kier alpha value is -2.29. The van der Waals surface area contributed by atoms with Crippen LogP contribution in [0.3, 0.4) is 0 Å². The minimum Gasteiger partial charge on any atom is -0.481 e. The molecule has 1 aromatic carbocycles. The number of methoxy groups -OCH3 is 1. The van der Waals surface area contributed by atoms with Gasteiger partial charge in [-0.2, -0.15) is 0 Å². The van der Waals surface area contributed by atoms with E-state index in [4.69, 9.17) is 4.74 Å². The third kappa shape index (κ3) is 2.79. The zero-order valence-electron chi connectivity index (χ0n) is 14.4. The number of hydrogen-bond acceptors (Lipinski definition) is 2. The molecule has 3 nitrogen and oxygen atoms in total. The first-order valence-corrected chi connectivity index (χ1v) is 8.88. The molecule has 0 radical (unpaired) electrons. The average molecular weight is 320 g/mol. The number of fused-ring (bicyclic) bond motifs is 1. The molecule has 2 heterocycles. The van der Waals surface area contributed by atoms with Crippen LogP contribution in [0.5, 0.6) is 5.88 Å². The molecule has 0 atom stereocenters. The van der Waals surface area contributed by atoms with Gasteiger partial charge < -0.3 is 9.72 Å². The minimum atomic E-state index is 0.665. The molecule has 24 heavy (non-hydrogen) atoms. The molecule has 4 rings (SSSR count). The van der Waals surface area contributed by atoms with Crippen molar-refractivity contribution in [3.63, 3.8) is 0 Å². The zero-order valence-corrected chi connectivity index (χ0v) is 14.4. The third-order valence-electron chi connectivity index (χ3n) is 5.29. The molecule has 1 fully saturated rings. The van der Waals surface area contributed by atoms with E-state index in [2.05, 4.69) is 41.2 Å². The quantitative estimate of drug-likeness (QED) is 0.682. The van der Waals surface area contributed by atoms with Crippen molar-refractivity contribution in [1.82, 2.24) is 9.97 Å². The summed E-state index contributed by atoms with van der Waals surface area (Å²) in [6.45, 7) is 2.11. The molecular weight excluding hydrogens is 296 g/mol. The van der Waals surface area contributed by atoms with Gasteiger partial charge in [0, 0.05) is 34.4 Å². The van der Waals surface area contributed by atoms with E-state index in [9.17, 15) is 0 Å². The third-order valence-corrected chi connectivity index (χ3v) is 5.29. The van der Waals surface area contributed by atoms with E-state index >= 15 is 0 Å². The average Bonchev–Trinajstić information content (AvgIpc) is 3.05. The van der Waals surface area contributed by atoms with Crippen molar-refractivity contribution in [3.8, 4) is 17.0 Å². The summed E-state index contributed by atoms with van der Waals surface area (Å²) >= 11 is 0. The van der Waals surface area contributed by atoms with Crippen LogP contribution in [0.2, 0.25) is 0 Å². The largest absolute Gasteiger partial charge is 0.481 e. The molecule has 0 aliphatic heterocycles. The number of aromatic nitrogens is 2. The number of pyridine rings is 1. The van der Waals surface area contributed by atoms with Crippen LogP contribution in [0.15, 0.2) is 36.5 Å². The molecule has 2 aromatic heterocycles. The van der Waals surface area contributed by atoms with E-state index in [0.29, 0.717) is 11.8 Å². The smallest absolute Gasteiger partial charge is 0.213 e. The van der Waals surface area contributed by atoms with Gasteiger partial charge in [-0.1, -0.05) is 25.3 Å². The maximum Gasteiger partial charge on any atom is 0.213 e. The van der Waals surface area contributed by atoms with Crippen LogP contribution in [0.1, 0.15) is 49.3 Å². The van der Waals surface area contributed by atoms with Gasteiger partial charge in [-0.25, -0.2) is 4.98 Å². The van der Waals surface area contributed by atoms with Crippen LogP contribution in [-0.4, -0.2) is 17.1 Å². The van der Waals surface area contributed by atoms with Gasteiger partial charge in [0.2, 0.25) is 5.88 Å². The van der Waals surface area contributed by atoms with Crippen molar-refractivity contribution >= 4 is 10.9 Å². The molecule has 3 aromatic rings. The summed E-state index contributed by atoms with van der Waals surface area (Å²) in [4.78, 5) is 8.00. The van der Waals surface area contributed by atoms with Crippen LogP contribution in [0.4, 0.5) is 0 Å². The lowest BCUT2D eigenvalue weighted by molar-refractivity contribution is 0.397. The van der Waals surface area contributed by atoms with Gasteiger partial charge in [-0.05, 0) is 55.0 Å². The first kappa shape index (κ1) is 15.3. The van der Waals surface area contributed by atoms with Gasteiger partial charge in [-0.3, -0.25) is 0 Å². The number of benzene rings is 1. The second-order valence-electron chi connectivity index (χ2n) is 6.90. The second kappa shape index (κ2) is 6.31. The van der Waals surface area contributed by atoms with Crippen LogP contribution >= 0.6 is 0 Å². The van der Waals surface area contributed by atoms with Crippen molar-refractivity contribution in [2.24, 2.45) is 0 Å². The SMILES string of the molecule is COc1cc(C)c(-c2ccc3[nH]c(C4CCCCC4)cc3c2)cn1. The second-order valence-corrected chi connectivity index (χ2v) is 6.90. The van der Waals surface area contributed by atoms with Crippen molar-refractivity contribution in [1.29, 1.82) is 0 Å². The van der Waals surface area contributed by atoms with Crippen molar-refractivity contribution in [3.05, 3.63) is 47.8 Å². The van der Waals surface area contributed by atoms with Gasteiger partial charge in [0.1, 0.15) is 0 Å². The van der Waals surface area contributed by atoms with Gasteiger partial charge >= 0.3 is 0 Å². The lowest BCUT2D eigenvalue weighted by Crippen LogP contribution is -2.04. The summed E-state index contributed by atoms with van der Waals surface area (Å²) in [5.74, 6) is 1.37. The molecule has 0 unspecified atom stereocenters. The van der Waals surface area contributed by atoms with Crippen molar-refractivity contribution in [2.75, 3.05) is 7.11 Å². The van der Waals surface area contributed by atoms with E-state index in [-0.39, 0.29) is 0 Å². The van der Waals surface area contributed by atoms with Crippen LogP contribution < -0.4 is 4.74 Å². The number of aryl methyl sites for hydroxylation is 1. The van der Waals surface area contributed by atoms with E-state index in [1.165, 1.54) is 59.8 Å². The van der Waals surface area contributed by atoms with Gasteiger partial charge in [0.15, 0.2) is 0 Å². The topological polar surface area (TPSA) is 37.9 Å². The Morgan fingerprint density at radius 2 is 1.92 bits per heavy atom. The summed E-state index contributed by atoms with van der Waals surface area (Å²) in [5, 5.41) is 1.29. The Morgan fingerprint density at radius 1 is 1.08 bits per heavy atom. The number of aromatic amines is 1. The molecule has 1 N–H and O–H groups in total. The molecule has 0 saturated heterocycles. The molecule has 0 spiro atoms. The molecule has 1 aliphatic carbocycles. The summed E-state index contributed by atoms with van der Waals surface area (Å²) in [6, 6.07) is 11.0. The number of ether oxygens (including phenoxy) is 1. The Balaban J connectivity index is 1.70. The molecule has 124 valence electrons. The number of nitrogens with zero attached hydrogens (tertiary/aromatic N) is 1. The Kier molecular flexibility index (Phi) is 4.01. The van der Waals surface area contributed by atoms with Crippen LogP contribution in [0.25, 0.3) is 22.0 Å². The number of H-pyrrole nitrogens is 1. The zero-order chi connectivity index (χ0) is 16.5. The highest BCUT2D eigenvalue weighted by Gasteiger charge is 2.17. The summed E-state index contributed by atoms with van der Waals surface area (Å²) in [6.07, 6.45) is 8.67. The van der Waals surface area contributed by atoms with E-state index in [0.717, 1.165) is 5.56 Å². The highest BCUT2D eigenvalue weighted by molar-refractivity contribution is 5.86. The molecule has 1 aliphatic rings. The molecule has 3 heteroatoms. The lowest BCUT2D eigenvalue weighted by Gasteiger charge is -2.20. The molecular formula is C21H24N2O. The summed E-state index contributed by atoms with van der Waals surface area (Å²) in [7, 11) is 1.65. The Morgan fingerprint density at radius 3 is 2.67 bits per heavy atom. The maximum atomic E-state index is 5.21. The highest BCUT2D eigenvalue weighted by atomic mass is 16.5. The van der Waals surface area contributed by atoms with E-state index in [1.54, 1.807) is 7.11 Å². The fraction of sp³-hybridized carbons (Fsp3) is 0.381. The Bertz CT molecular complexity index is 859. The lowest BCUT2D eigenvalue weighted by atomic mass is 9.87. The fourth-order valence-corrected chi connectivity index (χ4v) is 3.90. The highest BCUT2D eigenvalue weighted by Crippen LogP contribution is 2.35.